The number of hydrogen-bond donors (Lipinski definition) is 6. The lowest BCUT2D eigenvalue weighted by Gasteiger charge is -2.37. The van der Waals surface area contributed by atoms with E-state index in [9.17, 15) is 26.7 Å². The molecule has 194 valence electrons. The number of tetrazole rings is 1. The number of H-pyrrole nitrogens is 1. The minimum Gasteiger partial charge on any atom is -0.390 e. The van der Waals surface area contributed by atoms with E-state index in [4.69, 9.17) is 16.6 Å². The summed E-state index contributed by atoms with van der Waals surface area (Å²) in [5.41, 5.74) is 10.9. The van der Waals surface area contributed by atoms with Crippen LogP contribution in [0.1, 0.15) is 6.42 Å². The first-order valence-corrected chi connectivity index (χ1v) is 13.6. The molecule has 1 atom stereocenters. The van der Waals surface area contributed by atoms with E-state index in [2.05, 4.69) is 25.3 Å². The summed E-state index contributed by atoms with van der Waals surface area (Å²) in [6.45, 7) is 0.890. The second-order valence-corrected chi connectivity index (χ2v) is 10.9. The summed E-state index contributed by atoms with van der Waals surface area (Å²) >= 11 is 0. The number of primary sulfonamides is 1. The van der Waals surface area contributed by atoms with Gasteiger partial charge in [0.2, 0.25) is 31.8 Å². The molecule has 9 N–H and O–H groups in total. The standard InChI is InChI=1S/C17H28N10O6S2/c18-4-3-14(29)27-7-5-26(6-8-27)12-1-2-13(35(32,33)21-10-11(28)9-19)16(34(20,30)31)15(12)17-22-24-25-23-17/h1-2,11,21,28H,3-10,18-19H2,(H2,20,30,31)(H,22,23,24,25)/t11-/m1/s1. The van der Waals surface area contributed by atoms with Crippen LogP contribution >= 0.6 is 0 Å². The minimum atomic E-state index is -4.64. The molecule has 35 heavy (non-hydrogen) atoms. The number of aromatic amines is 1. The van der Waals surface area contributed by atoms with E-state index < -0.39 is 42.5 Å². The zero-order chi connectivity index (χ0) is 25.8. The van der Waals surface area contributed by atoms with Gasteiger partial charge in [-0.3, -0.25) is 4.79 Å². The van der Waals surface area contributed by atoms with Crippen molar-refractivity contribution >= 4 is 31.6 Å². The van der Waals surface area contributed by atoms with Gasteiger partial charge < -0.3 is 26.4 Å². The van der Waals surface area contributed by atoms with E-state index >= 15 is 0 Å². The van der Waals surface area contributed by atoms with Crippen LogP contribution in [0.15, 0.2) is 21.9 Å². The van der Waals surface area contributed by atoms with Crippen LogP contribution in [-0.4, -0.2) is 105 Å². The van der Waals surface area contributed by atoms with Gasteiger partial charge >= 0.3 is 0 Å². The number of carbonyl (C=O) groups excluding carboxylic acids is 1. The average Bonchev–Trinajstić information content (AvgIpc) is 3.36. The fraction of sp³-hybridized carbons (Fsp3) is 0.529. The first-order chi connectivity index (χ1) is 16.5. The molecule has 0 bridgehead atoms. The molecule has 1 aliphatic heterocycles. The van der Waals surface area contributed by atoms with Gasteiger partial charge in [-0.15, -0.1) is 10.2 Å². The highest BCUT2D eigenvalue weighted by Gasteiger charge is 2.34. The van der Waals surface area contributed by atoms with Gasteiger partial charge in [0.05, 0.1) is 11.7 Å². The Bertz CT molecular complexity index is 1240. The van der Waals surface area contributed by atoms with Crippen LogP contribution in [0.4, 0.5) is 5.69 Å². The third kappa shape index (κ3) is 6.10. The maximum absolute atomic E-state index is 13.0. The van der Waals surface area contributed by atoms with Crippen LogP contribution in [0.2, 0.25) is 0 Å². The molecule has 0 spiro atoms. The number of carbonyl (C=O) groups is 1. The number of nitrogens with one attached hydrogen (secondary N) is 2. The van der Waals surface area contributed by atoms with Gasteiger partial charge in [-0.1, -0.05) is 0 Å². The molecule has 1 amide bonds. The molecular weight excluding hydrogens is 504 g/mol. The summed E-state index contributed by atoms with van der Waals surface area (Å²) in [5.74, 6) is -0.285. The molecular formula is C17H28N10O6S2. The van der Waals surface area contributed by atoms with Gasteiger partial charge in [0, 0.05) is 57.9 Å². The van der Waals surface area contributed by atoms with E-state index in [-0.39, 0.29) is 36.8 Å². The molecule has 1 aliphatic rings. The predicted octanol–water partition coefficient (Wildman–Crippen LogP) is -3.89. The molecule has 1 saturated heterocycles. The number of nitrogens with two attached hydrogens (primary N) is 3. The van der Waals surface area contributed by atoms with E-state index in [1.807, 2.05) is 0 Å². The third-order valence-corrected chi connectivity index (χ3v) is 7.94. The van der Waals surface area contributed by atoms with Gasteiger partial charge in [0.15, 0.2) is 0 Å². The molecule has 0 aliphatic carbocycles. The number of piperazine rings is 1. The highest BCUT2D eigenvalue weighted by atomic mass is 32.2. The summed E-state index contributed by atoms with van der Waals surface area (Å²) in [5, 5.41) is 28.5. The summed E-state index contributed by atoms with van der Waals surface area (Å²) in [4.78, 5) is 14.2. The average molecular weight is 533 g/mol. The zero-order valence-corrected chi connectivity index (χ0v) is 20.3. The third-order valence-electron chi connectivity index (χ3n) is 5.35. The first-order valence-electron chi connectivity index (χ1n) is 10.5. The molecule has 18 heteroatoms. The molecule has 2 aromatic rings. The van der Waals surface area contributed by atoms with Crippen molar-refractivity contribution in [1.82, 2.24) is 30.2 Å². The fourth-order valence-electron chi connectivity index (χ4n) is 3.64. The second kappa shape index (κ2) is 10.9. The zero-order valence-electron chi connectivity index (χ0n) is 18.7. The van der Waals surface area contributed by atoms with Gasteiger partial charge in [-0.2, -0.15) is 5.21 Å². The number of sulfonamides is 2. The van der Waals surface area contributed by atoms with Gasteiger partial charge in [0.25, 0.3) is 0 Å². The van der Waals surface area contributed by atoms with Crippen molar-refractivity contribution < 1.29 is 26.7 Å². The molecule has 3 rings (SSSR count). The topological polar surface area (TPSA) is 257 Å². The van der Waals surface area contributed by atoms with Gasteiger partial charge in [-0.25, -0.2) is 26.7 Å². The number of aliphatic hydroxyl groups is 1. The van der Waals surface area contributed by atoms with E-state index in [1.165, 1.54) is 6.07 Å². The smallest absolute Gasteiger partial charge is 0.242 e. The summed E-state index contributed by atoms with van der Waals surface area (Å²) < 4.78 is 53.5. The van der Waals surface area contributed by atoms with Crippen LogP contribution in [0.25, 0.3) is 11.4 Å². The number of aromatic nitrogens is 4. The Kier molecular flexibility index (Phi) is 8.36. The SMILES string of the molecule is NCCC(=O)N1CCN(c2ccc(S(=O)(=O)NC[C@H](O)CN)c(S(N)(=O)=O)c2-c2nn[nH]n2)CC1. The van der Waals surface area contributed by atoms with Crippen LogP contribution in [-0.2, 0) is 24.8 Å². The Hall–Kier alpha value is -2.74. The number of aliphatic hydroxyl groups excluding tert-OH is 1. The normalized spacial score (nSPS) is 15.9. The monoisotopic (exact) mass is 532 g/mol. The number of benzene rings is 1. The Balaban J connectivity index is 2.10. The van der Waals surface area contributed by atoms with E-state index in [0.717, 1.165) is 6.07 Å². The Morgan fingerprint density at radius 2 is 1.86 bits per heavy atom. The van der Waals surface area contributed by atoms with Crippen LogP contribution in [0.5, 0.6) is 0 Å². The summed E-state index contributed by atoms with van der Waals surface area (Å²) in [6, 6.07) is 2.51. The number of anilines is 1. The maximum Gasteiger partial charge on any atom is 0.242 e. The molecule has 1 fully saturated rings. The van der Waals surface area contributed by atoms with Crippen LogP contribution < -0.4 is 26.2 Å². The lowest BCUT2D eigenvalue weighted by molar-refractivity contribution is -0.131. The number of hydrogen-bond acceptors (Lipinski definition) is 12. The highest BCUT2D eigenvalue weighted by Crippen LogP contribution is 2.38. The number of rotatable bonds is 10. The minimum absolute atomic E-state index is 0.0945. The van der Waals surface area contributed by atoms with E-state index in [1.54, 1.807) is 9.80 Å². The molecule has 2 heterocycles. The number of amides is 1. The molecule has 0 radical (unpaired) electrons. The van der Waals surface area contributed by atoms with Crippen molar-refractivity contribution in [3.63, 3.8) is 0 Å². The second-order valence-electron chi connectivity index (χ2n) is 7.72. The maximum atomic E-state index is 13.0. The van der Waals surface area contributed by atoms with Crippen molar-refractivity contribution in [2.45, 2.75) is 22.3 Å². The Labute approximate surface area is 201 Å². The van der Waals surface area contributed by atoms with Gasteiger partial charge in [0.1, 0.15) is 9.79 Å². The van der Waals surface area contributed by atoms with Crippen molar-refractivity contribution in [2.24, 2.45) is 16.6 Å². The quantitative estimate of drug-likeness (QED) is 0.172. The van der Waals surface area contributed by atoms with E-state index in [0.29, 0.717) is 31.9 Å². The number of nitrogens with zero attached hydrogens (tertiary/aromatic N) is 5. The molecule has 1 aromatic carbocycles. The summed E-state index contributed by atoms with van der Waals surface area (Å²) in [7, 11) is -9.10. The van der Waals surface area contributed by atoms with Crippen molar-refractivity contribution in [3.05, 3.63) is 12.1 Å². The molecule has 0 saturated carbocycles. The first kappa shape index (κ1) is 26.9. The Morgan fingerprint density at radius 3 is 2.40 bits per heavy atom. The largest absolute Gasteiger partial charge is 0.390 e. The van der Waals surface area contributed by atoms with Gasteiger partial charge in [-0.05, 0) is 17.3 Å². The Morgan fingerprint density at radius 1 is 1.17 bits per heavy atom. The van der Waals surface area contributed by atoms with Crippen molar-refractivity contribution in [3.8, 4) is 11.4 Å². The highest BCUT2D eigenvalue weighted by molar-refractivity contribution is 7.92. The van der Waals surface area contributed by atoms with Crippen molar-refractivity contribution in [1.29, 1.82) is 0 Å². The van der Waals surface area contributed by atoms with Crippen molar-refractivity contribution in [2.75, 3.05) is 50.7 Å². The molecule has 0 unspecified atom stereocenters. The summed E-state index contributed by atoms with van der Waals surface area (Å²) in [6.07, 6.45) is -0.973. The van der Waals surface area contributed by atoms with Crippen LogP contribution in [0.3, 0.4) is 0 Å². The molecule has 1 aromatic heterocycles. The predicted molar refractivity (Wildman–Crippen MR) is 124 cm³/mol. The lowest BCUT2D eigenvalue weighted by atomic mass is 10.1. The van der Waals surface area contributed by atoms with Crippen LogP contribution in [0, 0.1) is 0 Å². The lowest BCUT2D eigenvalue weighted by Crippen LogP contribution is -2.49. The fourth-order valence-corrected chi connectivity index (χ4v) is 6.31. The molecule has 16 nitrogen and oxygen atoms in total.